The van der Waals surface area contributed by atoms with Gasteiger partial charge in [-0.3, -0.25) is 19.4 Å². The van der Waals surface area contributed by atoms with Gasteiger partial charge in [0.05, 0.1) is 17.2 Å². The molecule has 2 amide bonds. The number of pyridine rings is 1. The number of nitrogens with zero attached hydrogens (tertiary/aromatic N) is 2. The fourth-order valence-electron chi connectivity index (χ4n) is 5.63. The van der Waals surface area contributed by atoms with Gasteiger partial charge in [0.15, 0.2) is 0 Å². The molecule has 2 aromatic rings. The van der Waals surface area contributed by atoms with Crippen molar-refractivity contribution >= 4 is 29.1 Å². The SMILES string of the molecule is Cc1ncc2c(c1CNC(=O)c1cccs1)CCN(C(=O)[C@@H]1CC(=O)OC13CCCCC3)C2. The highest BCUT2D eigenvalue weighted by molar-refractivity contribution is 7.12. The molecule has 1 N–H and O–H groups in total. The van der Waals surface area contributed by atoms with Crippen molar-refractivity contribution < 1.29 is 19.1 Å². The summed E-state index contributed by atoms with van der Waals surface area (Å²) in [6.07, 6.45) is 7.46. The van der Waals surface area contributed by atoms with Crippen LogP contribution in [0, 0.1) is 12.8 Å². The zero-order valence-corrected chi connectivity index (χ0v) is 19.7. The van der Waals surface area contributed by atoms with E-state index in [0.717, 1.165) is 48.9 Å². The van der Waals surface area contributed by atoms with Gasteiger partial charge >= 0.3 is 5.97 Å². The minimum Gasteiger partial charge on any atom is -0.458 e. The lowest BCUT2D eigenvalue weighted by Gasteiger charge is -2.39. The minimum atomic E-state index is -0.602. The van der Waals surface area contributed by atoms with E-state index in [9.17, 15) is 14.4 Å². The molecule has 5 rings (SSSR count). The van der Waals surface area contributed by atoms with Gasteiger partial charge in [0.25, 0.3) is 5.91 Å². The highest BCUT2D eigenvalue weighted by Crippen LogP contribution is 2.45. The van der Waals surface area contributed by atoms with E-state index in [4.69, 9.17) is 4.74 Å². The number of ether oxygens (including phenoxy) is 1. The van der Waals surface area contributed by atoms with Gasteiger partial charge in [0.2, 0.25) is 5.91 Å². The average Bonchev–Trinajstić information content (AvgIpc) is 3.46. The minimum absolute atomic E-state index is 0.0292. The van der Waals surface area contributed by atoms with Crippen LogP contribution in [0.5, 0.6) is 0 Å². The molecule has 1 atom stereocenters. The molecule has 0 radical (unpaired) electrons. The number of aryl methyl sites for hydroxylation is 1. The number of hydrogen-bond acceptors (Lipinski definition) is 6. The quantitative estimate of drug-likeness (QED) is 0.695. The highest BCUT2D eigenvalue weighted by Gasteiger charge is 2.54. The molecular weight excluding hydrogens is 438 g/mol. The van der Waals surface area contributed by atoms with Gasteiger partial charge < -0.3 is 15.0 Å². The molecule has 1 saturated heterocycles. The van der Waals surface area contributed by atoms with Crippen LogP contribution < -0.4 is 5.32 Å². The monoisotopic (exact) mass is 467 g/mol. The molecule has 1 saturated carbocycles. The summed E-state index contributed by atoms with van der Waals surface area (Å²) in [5.41, 5.74) is 3.52. The number of amides is 2. The van der Waals surface area contributed by atoms with Crippen LogP contribution in [0.3, 0.4) is 0 Å². The maximum absolute atomic E-state index is 13.5. The first-order chi connectivity index (χ1) is 16.0. The van der Waals surface area contributed by atoms with Gasteiger partial charge in [-0.15, -0.1) is 11.3 Å². The molecule has 0 unspecified atom stereocenters. The second-order valence-electron chi connectivity index (χ2n) is 9.35. The molecular formula is C25H29N3O4S. The predicted octanol–water partition coefficient (Wildman–Crippen LogP) is 3.53. The van der Waals surface area contributed by atoms with Gasteiger partial charge in [-0.2, -0.15) is 0 Å². The zero-order valence-electron chi connectivity index (χ0n) is 18.9. The van der Waals surface area contributed by atoms with E-state index in [1.54, 1.807) is 0 Å². The van der Waals surface area contributed by atoms with Crippen LogP contribution in [-0.4, -0.2) is 39.8 Å². The standard InChI is InChI=1S/C25H29N3O4S/c1-16-19(14-27-23(30)21-6-5-11-33-21)18-7-10-28(15-17(18)13-26-16)24(31)20-12-22(29)32-25(20)8-3-2-4-9-25/h5-6,11,13,20H,2-4,7-10,12,14-15H2,1H3,(H,27,30)/t20-/m0/s1. The number of aromatic nitrogens is 1. The smallest absolute Gasteiger partial charge is 0.307 e. The maximum Gasteiger partial charge on any atom is 0.307 e. The molecule has 3 aliphatic rings. The first-order valence-electron chi connectivity index (χ1n) is 11.8. The van der Waals surface area contributed by atoms with Crippen molar-refractivity contribution in [1.29, 1.82) is 0 Å². The van der Waals surface area contributed by atoms with E-state index in [-0.39, 0.29) is 30.1 Å². The Bertz CT molecular complexity index is 1080. The fourth-order valence-corrected chi connectivity index (χ4v) is 6.27. The summed E-state index contributed by atoms with van der Waals surface area (Å²) in [6.45, 7) is 3.45. The van der Waals surface area contributed by atoms with E-state index in [1.165, 1.54) is 16.9 Å². The van der Waals surface area contributed by atoms with Crippen LogP contribution in [0.2, 0.25) is 0 Å². The van der Waals surface area contributed by atoms with Crippen LogP contribution in [0.25, 0.3) is 0 Å². The number of carbonyl (C=O) groups excluding carboxylic acids is 3. The van der Waals surface area contributed by atoms with Gasteiger partial charge in [-0.1, -0.05) is 12.5 Å². The van der Waals surface area contributed by atoms with Crippen molar-refractivity contribution in [3.8, 4) is 0 Å². The second kappa shape index (κ2) is 8.89. The summed E-state index contributed by atoms with van der Waals surface area (Å²) in [6, 6.07) is 3.67. The van der Waals surface area contributed by atoms with Crippen molar-refractivity contribution in [3.05, 3.63) is 51.0 Å². The number of hydrogen-bond donors (Lipinski definition) is 1. The fraction of sp³-hybridized carbons (Fsp3) is 0.520. The second-order valence-corrected chi connectivity index (χ2v) is 10.3. The summed E-state index contributed by atoms with van der Waals surface area (Å²) in [4.78, 5) is 45.2. The molecule has 174 valence electrons. The number of thiophene rings is 1. The Balaban J connectivity index is 1.32. The molecule has 0 bridgehead atoms. The zero-order chi connectivity index (χ0) is 23.0. The van der Waals surface area contributed by atoms with Crippen molar-refractivity contribution in [2.75, 3.05) is 6.54 Å². The molecule has 8 heteroatoms. The normalized spacial score (nSPS) is 21.5. The third-order valence-corrected chi connectivity index (χ3v) is 8.27. The largest absolute Gasteiger partial charge is 0.458 e. The van der Waals surface area contributed by atoms with Crippen LogP contribution in [0.1, 0.15) is 70.6 Å². The number of fused-ring (bicyclic) bond motifs is 1. The van der Waals surface area contributed by atoms with Gasteiger partial charge in [0, 0.05) is 31.5 Å². The Morgan fingerprint density at radius 1 is 1.30 bits per heavy atom. The van der Waals surface area contributed by atoms with E-state index in [2.05, 4.69) is 10.3 Å². The molecule has 0 aromatic carbocycles. The summed E-state index contributed by atoms with van der Waals surface area (Å²) >= 11 is 1.42. The van der Waals surface area contributed by atoms with E-state index < -0.39 is 5.60 Å². The molecule has 1 aliphatic carbocycles. The molecule has 7 nitrogen and oxygen atoms in total. The molecule has 2 aliphatic heterocycles. The van der Waals surface area contributed by atoms with Gasteiger partial charge in [-0.25, -0.2) is 0 Å². The molecule has 2 fully saturated rings. The van der Waals surface area contributed by atoms with Crippen LogP contribution in [-0.2, 0) is 33.8 Å². The lowest BCUT2D eigenvalue weighted by molar-refractivity contribution is -0.156. The van der Waals surface area contributed by atoms with Crippen molar-refractivity contribution in [3.63, 3.8) is 0 Å². The molecule has 4 heterocycles. The lowest BCUT2D eigenvalue weighted by Crippen LogP contribution is -2.48. The predicted molar refractivity (Wildman–Crippen MR) is 124 cm³/mol. The Morgan fingerprint density at radius 3 is 2.88 bits per heavy atom. The van der Waals surface area contributed by atoms with E-state index in [1.807, 2.05) is 35.5 Å². The summed E-state index contributed by atoms with van der Waals surface area (Å²) in [7, 11) is 0. The number of nitrogens with one attached hydrogen (secondary N) is 1. The first kappa shape index (κ1) is 22.1. The number of esters is 1. The third-order valence-electron chi connectivity index (χ3n) is 7.40. The van der Waals surface area contributed by atoms with Crippen LogP contribution >= 0.6 is 11.3 Å². The third kappa shape index (κ3) is 4.16. The van der Waals surface area contributed by atoms with E-state index >= 15 is 0 Å². The molecule has 2 aromatic heterocycles. The van der Waals surface area contributed by atoms with Crippen molar-refractivity contribution in [2.45, 2.75) is 70.6 Å². The first-order valence-corrected chi connectivity index (χ1v) is 12.6. The summed E-state index contributed by atoms with van der Waals surface area (Å²) in [5, 5.41) is 4.90. The Kier molecular flexibility index (Phi) is 5.95. The molecule has 33 heavy (non-hydrogen) atoms. The van der Waals surface area contributed by atoms with Gasteiger partial charge in [-0.05, 0) is 67.2 Å². The van der Waals surface area contributed by atoms with E-state index in [0.29, 0.717) is 30.9 Å². The lowest BCUT2D eigenvalue weighted by atomic mass is 9.75. The highest BCUT2D eigenvalue weighted by atomic mass is 32.1. The maximum atomic E-state index is 13.5. The van der Waals surface area contributed by atoms with Crippen molar-refractivity contribution in [1.82, 2.24) is 15.2 Å². The number of carbonyl (C=O) groups is 3. The average molecular weight is 468 g/mol. The Morgan fingerprint density at radius 2 is 2.12 bits per heavy atom. The van der Waals surface area contributed by atoms with Crippen molar-refractivity contribution in [2.24, 2.45) is 5.92 Å². The Hall–Kier alpha value is -2.74. The summed E-state index contributed by atoms with van der Waals surface area (Å²) < 4.78 is 5.77. The molecule has 1 spiro atoms. The Labute approximate surface area is 197 Å². The number of rotatable bonds is 4. The topological polar surface area (TPSA) is 88.6 Å². The van der Waals surface area contributed by atoms with Gasteiger partial charge in [0.1, 0.15) is 5.60 Å². The van der Waals surface area contributed by atoms with Crippen LogP contribution in [0.15, 0.2) is 23.7 Å². The summed E-state index contributed by atoms with van der Waals surface area (Å²) in [5.74, 6) is -0.677. The van der Waals surface area contributed by atoms with Crippen LogP contribution in [0.4, 0.5) is 0 Å².